The molecule has 2 aromatic rings. The lowest BCUT2D eigenvalue weighted by molar-refractivity contribution is -0.141. The number of carbonyl (C=O) groups is 2. The lowest BCUT2D eigenvalue weighted by Gasteiger charge is -2.20. The molecule has 4 atom stereocenters. The second-order valence-corrected chi connectivity index (χ2v) is 6.87. The Balaban J connectivity index is 1.44. The molecule has 0 spiro atoms. The Kier molecular flexibility index (Phi) is 4.47. The van der Waals surface area contributed by atoms with E-state index in [1.165, 1.54) is 0 Å². The van der Waals surface area contributed by atoms with E-state index >= 15 is 0 Å². The van der Waals surface area contributed by atoms with Gasteiger partial charge in [-0.15, -0.1) is 0 Å². The van der Waals surface area contributed by atoms with Crippen LogP contribution < -0.4 is 0 Å². The number of hydrogen-bond donors (Lipinski definition) is 1. The maximum absolute atomic E-state index is 12.5. The van der Waals surface area contributed by atoms with Crippen LogP contribution in [-0.2, 0) is 14.3 Å². The van der Waals surface area contributed by atoms with E-state index in [9.17, 15) is 14.7 Å². The van der Waals surface area contributed by atoms with Crippen LogP contribution in [0.1, 0.15) is 23.2 Å². The van der Waals surface area contributed by atoms with E-state index in [0.29, 0.717) is 12.0 Å². The number of carbonyl (C=O) groups excluding carboxylic acids is 2. The summed E-state index contributed by atoms with van der Waals surface area (Å²) >= 11 is 0. The van der Waals surface area contributed by atoms with E-state index in [0.717, 1.165) is 11.1 Å². The molecule has 2 fully saturated rings. The number of rotatable bonds is 4. The minimum Gasteiger partial charge on any atom is -0.462 e. The summed E-state index contributed by atoms with van der Waals surface area (Å²) in [5.41, 5.74) is 2.58. The number of aliphatic hydroxyl groups is 1. The molecule has 0 unspecified atom stereocenters. The minimum atomic E-state index is -0.426. The third-order valence-corrected chi connectivity index (χ3v) is 5.35. The maximum Gasteiger partial charge on any atom is 0.338 e. The SMILES string of the molecule is O=C1C[C@H]2[C@@H](CO)[C@H](OC(=O)c3ccc(-c4ccccc4)cc3)C[C@@H]2O1. The van der Waals surface area contributed by atoms with Gasteiger partial charge < -0.3 is 14.6 Å². The fraction of sp³-hybridized carbons (Fsp3) is 0.333. The smallest absolute Gasteiger partial charge is 0.338 e. The summed E-state index contributed by atoms with van der Waals surface area (Å²) in [6.07, 6.45) is 0.0628. The predicted molar refractivity (Wildman–Crippen MR) is 94.3 cm³/mol. The third kappa shape index (κ3) is 3.10. The molecule has 2 aromatic carbocycles. The van der Waals surface area contributed by atoms with E-state index in [4.69, 9.17) is 9.47 Å². The van der Waals surface area contributed by atoms with Crippen molar-refractivity contribution in [1.82, 2.24) is 0 Å². The van der Waals surface area contributed by atoms with Gasteiger partial charge in [-0.25, -0.2) is 4.79 Å². The van der Waals surface area contributed by atoms with Crippen LogP contribution in [-0.4, -0.2) is 35.9 Å². The van der Waals surface area contributed by atoms with Crippen LogP contribution in [0.4, 0.5) is 0 Å². The Morgan fingerprint density at radius 2 is 1.77 bits per heavy atom. The van der Waals surface area contributed by atoms with Crippen LogP contribution in [0.2, 0.25) is 0 Å². The van der Waals surface area contributed by atoms with Crippen molar-refractivity contribution >= 4 is 11.9 Å². The molecule has 0 radical (unpaired) electrons. The normalized spacial score (nSPS) is 27.0. The standard InChI is InChI=1S/C21H20O5/c22-12-17-16-10-20(23)25-18(16)11-19(17)26-21(24)15-8-6-14(7-9-15)13-4-2-1-3-5-13/h1-9,16-19,22H,10-12H2/t16-,17+,18-,19+/m0/s1. The first-order chi connectivity index (χ1) is 12.7. The Bertz CT molecular complexity index is 799. The number of aliphatic hydroxyl groups excluding tert-OH is 1. The van der Waals surface area contributed by atoms with Crippen LogP contribution in [0.5, 0.6) is 0 Å². The zero-order valence-corrected chi connectivity index (χ0v) is 14.2. The van der Waals surface area contributed by atoms with Crippen molar-refractivity contribution in [2.24, 2.45) is 11.8 Å². The number of benzene rings is 2. The van der Waals surface area contributed by atoms with Crippen molar-refractivity contribution in [2.45, 2.75) is 25.0 Å². The molecule has 5 nitrogen and oxygen atoms in total. The van der Waals surface area contributed by atoms with E-state index in [1.807, 2.05) is 42.5 Å². The van der Waals surface area contributed by atoms with Crippen molar-refractivity contribution in [3.05, 3.63) is 60.2 Å². The number of ether oxygens (including phenoxy) is 2. The summed E-state index contributed by atoms with van der Waals surface area (Å²) < 4.78 is 10.9. The first-order valence-corrected chi connectivity index (χ1v) is 8.82. The summed E-state index contributed by atoms with van der Waals surface area (Å²) in [6.45, 7) is -0.122. The monoisotopic (exact) mass is 352 g/mol. The highest BCUT2D eigenvalue weighted by molar-refractivity contribution is 5.90. The second-order valence-electron chi connectivity index (χ2n) is 6.87. The summed E-state index contributed by atoms with van der Waals surface area (Å²) in [6, 6.07) is 17.2. The van der Waals surface area contributed by atoms with Gasteiger partial charge in [-0.3, -0.25) is 4.79 Å². The molecule has 26 heavy (non-hydrogen) atoms. The van der Waals surface area contributed by atoms with Crippen molar-refractivity contribution in [2.75, 3.05) is 6.61 Å². The second kappa shape index (κ2) is 6.92. The highest BCUT2D eigenvalue weighted by Crippen LogP contribution is 2.42. The first kappa shape index (κ1) is 16.8. The fourth-order valence-corrected chi connectivity index (χ4v) is 3.98. The highest BCUT2D eigenvalue weighted by Gasteiger charge is 2.51. The van der Waals surface area contributed by atoms with E-state index < -0.39 is 12.1 Å². The molecule has 0 bridgehead atoms. The van der Waals surface area contributed by atoms with Crippen LogP contribution in [0.15, 0.2) is 54.6 Å². The Morgan fingerprint density at radius 1 is 1.08 bits per heavy atom. The Hall–Kier alpha value is -2.66. The molecule has 1 saturated carbocycles. The van der Waals surface area contributed by atoms with Crippen molar-refractivity contribution in [3.8, 4) is 11.1 Å². The largest absolute Gasteiger partial charge is 0.462 e. The summed E-state index contributed by atoms with van der Waals surface area (Å²) in [5, 5.41) is 9.66. The van der Waals surface area contributed by atoms with Gasteiger partial charge in [0.2, 0.25) is 0 Å². The summed E-state index contributed by atoms with van der Waals surface area (Å²) in [7, 11) is 0. The zero-order valence-electron chi connectivity index (χ0n) is 14.2. The molecule has 1 aliphatic heterocycles. The van der Waals surface area contributed by atoms with Crippen LogP contribution in [0.25, 0.3) is 11.1 Å². The topological polar surface area (TPSA) is 72.8 Å². The molecule has 1 saturated heterocycles. The summed E-state index contributed by atoms with van der Waals surface area (Å²) in [4.78, 5) is 23.9. The van der Waals surface area contributed by atoms with Gasteiger partial charge in [0.1, 0.15) is 12.2 Å². The first-order valence-electron chi connectivity index (χ1n) is 8.82. The molecule has 5 heteroatoms. The van der Waals surface area contributed by atoms with Gasteiger partial charge in [0.25, 0.3) is 0 Å². The third-order valence-electron chi connectivity index (χ3n) is 5.35. The molecule has 0 aromatic heterocycles. The van der Waals surface area contributed by atoms with Crippen LogP contribution in [0.3, 0.4) is 0 Å². The maximum atomic E-state index is 12.5. The molecule has 134 valence electrons. The predicted octanol–water partition coefficient (Wildman–Crippen LogP) is 2.82. The van der Waals surface area contributed by atoms with Crippen LogP contribution in [0, 0.1) is 11.8 Å². The van der Waals surface area contributed by atoms with Crippen molar-refractivity contribution < 1.29 is 24.2 Å². The Morgan fingerprint density at radius 3 is 2.46 bits per heavy atom. The number of fused-ring (bicyclic) bond motifs is 1. The van der Waals surface area contributed by atoms with Crippen molar-refractivity contribution in [1.29, 1.82) is 0 Å². The van der Waals surface area contributed by atoms with Crippen LogP contribution >= 0.6 is 0 Å². The van der Waals surface area contributed by atoms with Crippen molar-refractivity contribution in [3.63, 3.8) is 0 Å². The molecule has 2 aliphatic rings. The highest BCUT2D eigenvalue weighted by atomic mass is 16.6. The average molecular weight is 352 g/mol. The van der Waals surface area contributed by atoms with Gasteiger partial charge >= 0.3 is 11.9 Å². The van der Waals surface area contributed by atoms with Gasteiger partial charge in [-0.1, -0.05) is 42.5 Å². The fourth-order valence-electron chi connectivity index (χ4n) is 3.98. The van der Waals surface area contributed by atoms with E-state index in [-0.39, 0.29) is 36.9 Å². The van der Waals surface area contributed by atoms with Gasteiger partial charge in [0, 0.05) is 24.9 Å². The van der Waals surface area contributed by atoms with E-state index in [2.05, 4.69) is 0 Å². The lowest BCUT2D eigenvalue weighted by Crippen LogP contribution is -2.28. The lowest BCUT2D eigenvalue weighted by atomic mass is 9.93. The number of esters is 2. The van der Waals surface area contributed by atoms with Gasteiger partial charge in [-0.05, 0) is 23.3 Å². The quantitative estimate of drug-likeness (QED) is 0.857. The molecular weight excluding hydrogens is 332 g/mol. The zero-order chi connectivity index (χ0) is 18.1. The molecule has 0 amide bonds. The molecule has 4 rings (SSSR count). The molecular formula is C21H20O5. The summed E-state index contributed by atoms with van der Waals surface area (Å²) in [5.74, 6) is -0.969. The van der Waals surface area contributed by atoms with Gasteiger partial charge in [0.05, 0.1) is 12.0 Å². The Labute approximate surface area is 151 Å². The van der Waals surface area contributed by atoms with Gasteiger partial charge in [0.15, 0.2) is 0 Å². The van der Waals surface area contributed by atoms with Gasteiger partial charge in [-0.2, -0.15) is 0 Å². The minimum absolute atomic E-state index is 0.0641. The van der Waals surface area contributed by atoms with E-state index in [1.54, 1.807) is 12.1 Å². The molecule has 1 N–H and O–H groups in total. The molecule has 1 aliphatic carbocycles. The average Bonchev–Trinajstić information content (AvgIpc) is 3.17. The molecule has 1 heterocycles. The number of hydrogen-bond acceptors (Lipinski definition) is 5.